The highest BCUT2D eigenvalue weighted by Crippen LogP contribution is 2.29. The number of hydrogen-bond donors (Lipinski definition) is 0. The molecule has 2 aromatic carbocycles. The maximum atomic E-state index is 13.1. The predicted octanol–water partition coefficient (Wildman–Crippen LogP) is 3.14. The van der Waals surface area contributed by atoms with Crippen molar-refractivity contribution in [2.45, 2.75) is 11.8 Å². The highest BCUT2D eigenvalue weighted by atomic mass is 32.2. The van der Waals surface area contributed by atoms with Gasteiger partial charge in [-0.3, -0.25) is 4.79 Å². The van der Waals surface area contributed by atoms with E-state index < -0.39 is 10.0 Å². The monoisotopic (exact) mass is 452 g/mol. The molecular weight excluding hydrogens is 432 g/mol. The Morgan fingerprint density at radius 3 is 2.29 bits per heavy atom. The van der Waals surface area contributed by atoms with Crippen LogP contribution in [-0.2, 0) is 10.0 Å². The maximum Gasteiger partial charge on any atom is 0.265 e. The molecule has 0 spiro atoms. The van der Waals surface area contributed by atoms with E-state index in [2.05, 4.69) is 4.98 Å². The number of hydrogen-bond acceptors (Lipinski definition) is 6. The normalized spacial score (nSPS) is 14.9. The van der Waals surface area contributed by atoms with Crippen LogP contribution in [0.5, 0.6) is 0 Å². The lowest BCUT2D eigenvalue weighted by molar-refractivity contribution is 0.0702. The van der Waals surface area contributed by atoms with E-state index >= 15 is 0 Å². The number of amides is 1. The molecule has 0 unspecified atom stereocenters. The Labute approximate surface area is 185 Å². The fourth-order valence-corrected chi connectivity index (χ4v) is 5.89. The molecule has 4 rings (SSSR count). The van der Waals surface area contributed by atoms with Gasteiger partial charge < -0.3 is 4.90 Å². The number of carbonyl (C=O) groups excluding carboxylic acids is 1. The van der Waals surface area contributed by atoms with Crippen molar-refractivity contribution in [3.05, 3.63) is 70.7 Å². The van der Waals surface area contributed by atoms with Gasteiger partial charge in [0.2, 0.25) is 10.0 Å². The molecule has 3 aromatic rings. The van der Waals surface area contributed by atoms with Crippen molar-refractivity contribution in [1.82, 2.24) is 14.2 Å². The van der Waals surface area contributed by atoms with Crippen molar-refractivity contribution in [2.24, 2.45) is 0 Å². The second-order valence-corrected chi connectivity index (χ2v) is 10.1. The van der Waals surface area contributed by atoms with Crippen LogP contribution in [-0.4, -0.2) is 54.7 Å². The van der Waals surface area contributed by atoms with Gasteiger partial charge in [-0.25, -0.2) is 13.4 Å². The van der Waals surface area contributed by atoms with Crippen LogP contribution in [0.3, 0.4) is 0 Å². The smallest absolute Gasteiger partial charge is 0.265 e. The molecule has 0 N–H and O–H groups in total. The number of aryl methyl sites for hydroxylation is 1. The van der Waals surface area contributed by atoms with E-state index in [1.54, 1.807) is 4.90 Å². The number of sulfonamides is 1. The molecule has 0 saturated carbocycles. The fourth-order valence-electron chi connectivity index (χ4n) is 3.42. The SMILES string of the molecule is Cc1nc(-c2ccccc2)sc1C(=O)N1CCN(S(=O)(=O)c2ccc(C#N)cc2)CC1. The standard InChI is InChI=1S/C22H20N4O3S2/c1-16-20(30-21(24-16)18-5-3-2-4-6-18)22(27)25-11-13-26(14-12-25)31(28,29)19-9-7-17(15-23)8-10-19/h2-10H,11-14H2,1H3. The third kappa shape index (κ3) is 4.23. The minimum atomic E-state index is -3.66. The Morgan fingerprint density at radius 2 is 1.68 bits per heavy atom. The number of nitriles is 1. The first-order valence-corrected chi connectivity index (χ1v) is 12.0. The third-order valence-corrected chi connectivity index (χ3v) is 8.27. The number of aromatic nitrogens is 1. The summed E-state index contributed by atoms with van der Waals surface area (Å²) in [5.74, 6) is -0.118. The van der Waals surface area contributed by atoms with Crippen LogP contribution in [0.25, 0.3) is 10.6 Å². The first kappa shape index (κ1) is 21.2. The zero-order chi connectivity index (χ0) is 22.0. The maximum absolute atomic E-state index is 13.1. The number of thiazole rings is 1. The largest absolute Gasteiger partial charge is 0.335 e. The minimum absolute atomic E-state index is 0.118. The lowest BCUT2D eigenvalue weighted by Gasteiger charge is -2.33. The van der Waals surface area contributed by atoms with Crippen molar-refractivity contribution in [2.75, 3.05) is 26.2 Å². The number of rotatable bonds is 4. The molecule has 1 aliphatic heterocycles. The summed E-state index contributed by atoms with van der Waals surface area (Å²) in [4.78, 5) is 20.0. The van der Waals surface area contributed by atoms with E-state index in [1.165, 1.54) is 39.9 Å². The molecule has 1 amide bonds. The summed E-state index contributed by atoms with van der Waals surface area (Å²) in [6, 6.07) is 17.6. The van der Waals surface area contributed by atoms with Crippen molar-refractivity contribution < 1.29 is 13.2 Å². The van der Waals surface area contributed by atoms with E-state index in [9.17, 15) is 13.2 Å². The van der Waals surface area contributed by atoms with Crippen LogP contribution in [0.15, 0.2) is 59.5 Å². The van der Waals surface area contributed by atoms with Crippen LogP contribution < -0.4 is 0 Å². The predicted molar refractivity (Wildman–Crippen MR) is 118 cm³/mol. The molecule has 2 heterocycles. The average molecular weight is 453 g/mol. The van der Waals surface area contributed by atoms with E-state index in [4.69, 9.17) is 5.26 Å². The number of carbonyl (C=O) groups is 1. The van der Waals surface area contributed by atoms with Gasteiger partial charge in [-0.05, 0) is 31.2 Å². The van der Waals surface area contributed by atoms with Crippen LogP contribution in [0.2, 0.25) is 0 Å². The van der Waals surface area contributed by atoms with Gasteiger partial charge in [-0.2, -0.15) is 9.57 Å². The Bertz CT molecular complexity index is 1240. The topological polar surface area (TPSA) is 94.4 Å². The molecule has 1 fully saturated rings. The molecular formula is C22H20N4O3S2. The molecule has 0 radical (unpaired) electrons. The molecule has 1 saturated heterocycles. The van der Waals surface area contributed by atoms with Gasteiger partial charge in [0.25, 0.3) is 5.91 Å². The Hall–Kier alpha value is -3.06. The van der Waals surface area contributed by atoms with Crippen molar-refractivity contribution in [3.8, 4) is 16.6 Å². The van der Waals surface area contributed by atoms with Gasteiger partial charge in [-0.1, -0.05) is 30.3 Å². The first-order valence-electron chi connectivity index (χ1n) is 9.72. The average Bonchev–Trinajstić information content (AvgIpc) is 3.21. The second-order valence-electron chi connectivity index (χ2n) is 7.13. The fraction of sp³-hybridized carbons (Fsp3) is 0.227. The number of piperazine rings is 1. The van der Waals surface area contributed by atoms with Gasteiger partial charge in [0.05, 0.1) is 22.2 Å². The quantitative estimate of drug-likeness (QED) is 0.606. The van der Waals surface area contributed by atoms with Crippen molar-refractivity contribution in [1.29, 1.82) is 5.26 Å². The van der Waals surface area contributed by atoms with Gasteiger partial charge in [0.15, 0.2) is 0 Å². The minimum Gasteiger partial charge on any atom is -0.335 e. The first-order chi connectivity index (χ1) is 14.9. The van der Waals surface area contributed by atoms with Gasteiger partial charge in [0.1, 0.15) is 9.88 Å². The molecule has 31 heavy (non-hydrogen) atoms. The molecule has 0 bridgehead atoms. The van der Waals surface area contributed by atoms with Crippen molar-refractivity contribution in [3.63, 3.8) is 0 Å². The zero-order valence-corrected chi connectivity index (χ0v) is 18.5. The zero-order valence-electron chi connectivity index (χ0n) is 16.9. The Kier molecular flexibility index (Phi) is 5.87. The van der Waals surface area contributed by atoms with E-state index in [0.29, 0.717) is 29.2 Å². The lowest BCUT2D eigenvalue weighted by atomic mass is 10.2. The van der Waals surface area contributed by atoms with E-state index in [0.717, 1.165) is 10.6 Å². The summed E-state index contributed by atoms with van der Waals surface area (Å²) in [6.45, 7) is 2.88. The molecule has 9 heteroatoms. The number of nitrogens with zero attached hydrogens (tertiary/aromatic N) is 4. The van der Waals surface area contributed by atoms with Gasteiger partial charge in [0, 0.05) is 31.7 Å². The molecule has 0 aliphatic carbocycles. The van der Waals surface area contributed by atoms with Crippen LogP contribution >= 0.6 is 11.3 Å². The summed E-state index contributed by atoms with van der Waals surface area (Å²) < 4.78 is 27.1. The summed E-state index contributed by atoms with van der Waals surface area (Å²) in [5.41, 5.74) is 2.05. The molecule has 0 atom stereocenters. The van der Waals surface area contributed by atoms with Crippen LogP contribution in [0, 0.1) is 18.3 Å². The second kappa shape index (κ2) is 8.59. The van der Waals surface area contributed by atoms with Crippen LogP contribution in [0.1, 0.15) is 20.9 Å². The summed E-state index contributed by atoms with van der Waals surface area (Å²) in [7, 11) is -3.66. The molecule has 1 aliphatic rings. The van der Waals surface area contributed by atoms with E-state index in [1.807, 2.05) is 43.3 Å². The molecule has 7 nitrogen and oxygen atoms in total. The van der Waals surface area contributed by atoms with Gasteiger partial charge in [-0.15, -0.1) is 11.3 Å². The summed E-state index contributed by atoms with van der Waals surface area (Å²) in [5, 5.41) is 9.68. The lowest BCUT2D eigenvalue weighted by Crippen LogP contribution is -2.50. The van der Waals surface area contributed by atoms with E-state index in [-0.39, 0.29) is 23.9 Å². The highest BCUT2D eigenvalue weighted by Gasteiger charge is 2.31. The molecule has 158 valence electrons. The summed E-state index contributed by atoms with van der Waals surface area (Å²) in [6.07, 6.45) is 0. The highest BCUT2D eigenvalue weighted by molar-refractivity contribution is 7.89. The van der Waals surface area contributed by atoms with Crippen LogP contribution in [0.4, 0.5) is 0 Å². The Morgan fingerprint density at radius 1 is 1.03 bits per heavy atom. The summed E-state index contributed by atoms with van der Waals surface area (Å²) >= 11 is 1.36. The third-order valence-electron chi connectivity index (χ3n) is 5.16. The number of benzene rings is 2. The van der Waals surface area contributed by atoms with Crippen molar-refractivity contribution >= 4 is 27.3 Å². The molecule has 1 aromatic heterocycles. The Balaban J connectivity index is 1.46. The van der Waals surface area contributed by atoms with Gasteiger partial charge >= 0.3 is 0 Å².